The number of rotatable bonds is 5. The molecule has 96 valence electrons. The van der Waals surface area contributed by atoms with Gasteiger partial charge < -0.3 is 9.84 Å². The number of carboxylic acids is 1. The normalized spacial score (nSPS) is 10.8. The summed E-state index contributed by atoms with van der Waals surface area (Å²) in [5.74, 6) is -0.138. The van der Waals surface area contributed by atoms with Gasteiger partial charge in [0.25, 0.3) is 0 Å². The van der Waals surface area contributed by atoms with Crippen LogP contribution in [0, 0.1) is 0 Å². The van der Waals surface area contributed by atoms with Crippen molar-refractivity contribution >= 4 is 28.6 Å². The lowest BCUT2D eigenvalue weighted by Crippen LogP contribution is -1.99. The van der Waals surface area contributed by atoms with E-state index < -0.39 is 5.97 Å². The summed E-state index contributed by atoms with van der Waals surface area (Å²) in [4.78, 5) is 12.5. The van der Waals surface area contributed by atoms with Crippen molar-refractivity contribution in [2.45, 2.75) is 26.4 Å². The fourth-order valence-corrected chi connectivity index (χ4v) is 3.07. The highest BCUT2D eigenvalue weighted by Gasteiger charge is 2.18. The largest absolute Gasteiger partial charge is 0.487 e. The van der Waals surface area contributed by atoms with Gasteiger partial charge in [0, 0.05) is 4.88 Å². The average Bonchev–Trinajstić information content (AvgIpc) is 2.95. The molecule has 0 amide bonds. The quantitative estimate of drug-likeness (QED) is 0.893. The fourth-order valence-electron chi connectivity index (χ4n) is 1.47. The standard InChI is InChI=1S/C13H14O3S2/c1-8(2)11-5-10(12(18-11)13(14)15)16-6-9-3-4-17-7-9/h3-5,7-8H,6H2,1-2H3,(H,14,15). The van der Waals surface area contributed by atoms with E-state index in [1.54, 1.807) is 11.3 Å². The molecule has 0 saturated heterocycles. The van der Waals surface area contributed by atoms with Gasteiger partial charge in [0.05, 0.1) is 0 Å². The zero-order valence-corrected chi connectivity index (χ0v) is 11.8. The van der Waals surface area contributed by atoms with E-state index in [1.807, 2.05) is 36.7 Å². The fraction of sp³-hybridized carbons (Fsp3) is 0.308. The SMILES string of the molecule is CC(C)c1cc(OCc2ccsc2)c(C(=O)O)s1. The molecule has 0 bridgehead atoms. The minimum atomic E-state index is -0.924. The molecule has 0 aliphatic rings. The number of carbonyl (C=O) groups is 1. The van der Waals surface area contributed by atoms with Gasteiger partial charge in [-0.05, 0) is 34.4 Å². The topological polar surface area (TPSA) is 46.5 Å². The Labute approximate surface area is 114 Å². The van der Waals surface area contributed by atoms with E-state index in [-0.39, 0.29) is 4.88 Å². The second-order valence-corrected chi connectivity index (χ2v) is 6.09. The van der Waals surface area contributed by atoms with Crippen molar-refractivity contribution in [3.05, 3.63) is 38.2 Å². The smallest absolute Gasteiger partial charge is 0.349 e. The minimum Gasteiger partial charge on any atom is -0.487 e. The van der Waals surface area contributed by atoms with E-state index >= 15 is 0 Å². The highest BCUT2D eigenvalue weighted by molar-refractivity contribution is 7.14. The maximum absolute atomic E-state index is 11.2. The van der Waals surface area contributed by atoms with Crippen LogP contribution in [0.2, 0.25) is 0 Å². The van der Waals surface area contributed by atoms with Crippen molar-refractivity contribution in [1.82, 2.24) is 0 Å². The molecule has 3 nitrogen and oxygen atoms in total. The molecule has 2 heterocycles. The van der Waals surface area contributed by atoms with Crippen LogP contribution in [0.4, 0.5) is 0 Å². The average molecular weight is 282 g/mol. The molecule has 0 spiro atoms. The van der Waals surface area contributed by atoms with Crippen LogP contribution in [0.1, 0.15) is 39.9 Å². The van der Waals surface area contributed by atoms with Gasteiger partial charge in [0.15, 0.2) is 4.88 Å². The van der Waals surface area contributed by atoms with Crippen LogP contribution >= 0.6 is 22.7 Å². The number of carboxylic acid groups (broad SMARTS) is 1. The number of hydrogen-bond acceptors (Lipinski definition) is 4. The summed E-state index contributed by atoms with van der Waals surface area (Å²) < 4.78 is 5.61. The van der Waals surface area contributed by atoms with Gasteiger partial charge in [-0.15, -0.1) is 11.3 Å². The lowest BCUT2D eigenvalue weighted by molar-refractivity contribution is 0.0697. The van der Waals surface area contributed by atoms with Crippen molar-refractivity contribution < 1.29 is 14.6 Å². The Hall–Kier alpha value is -1.33. The third-order valence-electron chi connectivity index (χ3n) is 2.45. The second kappa shape index (κ2) is 5.54. The Morgan fingerprint density at radius 3 is 2.83 bits per heavy atom. The Balaban J connectivity index is 2.17. The minimum absolute atomic E-state index is 0.286. The number of ether oxygens (including phenoxy) is 1. The van der Waals surface area contributed by atoms with Crippen molar-refractivity contribution in [3.8, 4) is 5.75 Å². The van der Waals surface area contributed by atoms with Crippen molar-refractivity contribution in [2.75, 3.05) is 0 Å². The van der Waals surface area contributed by atoms with Gasteiger partial charge in [0.2, 0.25) is 0 Å². The summed E-state index contributed by atoms with van der Waals surface area (Å²) in [6.45, 7) is 4.50. The van der Waals surface area contributed by atoms with E-state index in [4.69, 9.17) is 9.84 Å². The van der Waals surface area contributed by atoms with E-state index in [0.717, 1.165) is 10.4 Å². The highest BCUT2D eigenvalue weighted by Crippen LogP contribution is 2.34. The number of thiophene rings is 2. The van der Waals surface area contributed by atoms with Crippen molar-refractivity contribution in [2.24, 2.45) is 0 Å². The summed E-state index contributed by atoms with van der Waals surface area (Å²) >= 11 is 2.89. The monoisotopic (exact) mass is 282 g/mol. The predicted octanol–water partition coefficient (Wildman–Crippen LogP) is 4.21. The van der Waals surface area contributed by atoms with Crippen molar-refractivity contribution in [3.63, 3.8) is 0 Å². The summed E-state index contributed by atoms with van der Waals surface area (Å²) in [6.07, 6.45) is 0. The van der Waals surface area contributed by atoms with Crippen LogP contribution in [-0.4, -0.2) is 11.1 Å². The molecule has 0 aromatic carbocycles. The zero-order chi connectivity index (χ0) is 13.1. The zero-order valence-electron chi connectivity index (χ0n) is 10.2. The lowest BCUT2D eigenvalue weighted by atomic mass is 10.2. The molecule has 0 aliphatic carbocycles. The maximum atomic E-state index is 11.2. The summed E-state index contributed by atoms with van der Waals surface area (Å²) in [5, 5.41) is 13.1. The Kier molecular flexibility index (Phi) is 4.04. The molecule has 2 aromatic rings. The molecule has 0 saturated carbocycles. The lowest BCUT2D eigenvalue weighted by Gasteiger charge is -2.03. The molecule has 5 heteroatoms. The van der Waals surface area contributed by atoms with E-state index in [1.165, 1.54) is 11.3 Å². The first-order chi connectivity index (χ1) is 8.58. The van der Waals surface area contributed by atoms with Gasteiger partial charge in [-0.3, -0.25) is 0 Å². The first-order valence-corrected chi connectivity index (χ1v) is 7.34. The molecule has 2 rings (SSSR count). The van der Waals surface area contributed by atoms with Crippen LogP contribution in [0.25, 0.3) is 0 Å². The van der Waals surface area contributed by atoms with Gasteiger partial charge in [-0.25, -0.2) is 4.79 Å². The molecule has 0 unspecified atom stereocenters. The molecule has 18 heavy (non-hydrogen) atoms. The third-order valence-corrected chi connectivity index (χ3v) is 4.59. The van der Waals surface area contributed by atoms with Crippen molar-refractivity contribution in [1.29, 1.82) is 0 Å². The molecule has 0 fully saturated rings. The number of hydrogen-bond donors (Lipinski definition) is 1. The van der Waals surface area contributed by atoms with Crippen LogP contribution in [-0.2, 0) is 6.61 Å². The highest BCUT2D eigenvalue weighted by atomic mass is 32.1. The Morgan fingerprint density at radius 1 is 1.50 bits per heavy atom. The molecule has 0 atom stereocenters. The molecule has 0 aliphatic heterocycles. The second-order valence-electron chi connectivity index (χ2n) is 4.22. The van der Waals surface area contributed by atoms with Gasteiger partial charge in [0.1, 0.15) is 12.4 Å². The first-order valence-electron chi connectivity index (χ1n) is 5.59. The first kappa shape index (κ1) is 13.1. The maximum Gasteiger partial charge on any atom is 0.349 e. The van der Waals surface area contributed by atoms with Crippen LogP contribution in [0.5, 0.6) is 5.75 Å². The molecule has 1 N–H and O–H groups in total. The molecular formula is C13H14O3S2. The molecule has 0 radical (unpaired) electrons. The van der Waals surface area contributed by atoms with Gasteiger partial charge >= 0.3 is 5.97 Å². The molecule has 2 aromatic heterocycles. The van der Waals surface area contributed by atoms with E-state index in [2.05, 4.69) is 0 Å². The van der Waals surface area contributed by atoms with Gasteiger partial charge in [-0.1, -0.05) is 13.8 Å². The summed E-state index contributed by atoms with van der Waals surface area (Å²) in [5.41, 5.74) is 1.06. The van der Waals surface area contributed by atoms with Crippen LogP contribution in [0.15, 0.2) is 22.9 Å². The Bertz CT molecular complexity index is 526. The number of aromatic carboxylic acids is 1. The molecular weight excluding hydrogens is 268 g/mol. The summed E-state index contributed by atoms with van der Waals surface area (Å²) in [7, 11) is 0. The van der Waals surface area contributed by atoms with E-state index in [0.29, 0.717) is 18.3 Å². The van der Waals surface area contributed by atoms with Crippen LogP contribution in [0.3, 0.4) is 0 Å². The van der Waals surface area contributed by atoms with Crippen LogP contribution < -0.4 is 4.74 Å². The van der Waals surface area contributed by atoms with Gasteiger partial charge in [-0.2, -0.15) is 11.3 Å². The Morgan fingerprint density at radius 2 is 2.28 bits per heavy atom. The van der Waals surface area contributed by atoms with E-state index in [9.17, 15) is 4.79 Å². The predicted molar refractivity (Wildman–Crippen MR) is 74.0 cm³/mol. The summed E-state index contributed by atoms with van der Waals surface area (Å²) in [6, 6.07) is 3.81. The third kappa shape index (κ3) is 2.91.